The van der Waals surface area contributed by atoms with Crippen molar-refractivity contribution in [3.63, 3.8) is 0 Å². The van der Waals surface area contributed by atoms with E-state index in [0.717, 1.165) is 57.8 Å². The number of carbonyl (C=O) groups excluding carboxylic acids is 2. The summed E-state index contributed by atoms with van der Waals surface area (Å²) in [6, 6.07) is 10.6. The number of benzene rings is 1. The van der Waals surface area contributed by atoms with Crippen LogP contribution in [0.1, 0.15) is 92.6 Å². The number of nitrogens with one attached hydrogen (secondary N) is 1. The average molecular weight is 438 g/mol. The van der Waals surface area contributed by atoms with Crippen molar-refractivity contribution in [3.05, 3.63) is 53.7 Å². The summed E-state index contributed by atoms with van der Waals surface area (Å²) in [4.78, 5) is 32.2. The topological polar surface area (TPSA) is 75.4 Å². The minimum Gasteiger partial charge on any atom is -0.446 e. The monoisotopic (exact) mass is 437 g/mol. The van der Waals surface area contributed by atoms with Gasteiger partial charge in [0, 0.05) is 18.5 Å². The molecule has 0 unspecified atom stereocenters. The lowest BCUT2D eigenvalue weighted by Crippen LogP contribution is -2.41. The molecule has 6 heteroatoms. The van der Waals surface area contributed by atoms with Crippen molar-refractivity contribution in [3.8, 4) is 0 Å². The van der Waals surface area contributed by atoms with E-state index in [2.05, 4.69) is 22.4 Å². The molecule has 4 rings (SSSR count). The van der Waals surface area contributed by atoms with Crippen LogP contribution in [0, 0.1) is 0 Å². The summed E-state index contributed by atoms with van der Waals surface area (Å²) < 4.78 is 5.64. The van der Waals surface area contributed by atoms with E-state index >= 15 is 0 Å². The molecule has 0 spiro atoms. The standard InChI is InChI=1S/C26H35N3O3/c30-25(17-16-20-10-4-1-5-11-20)29(22-14-8-3-9-15-22)18-24-28-23(19-32-24)26(31)27-21-12-6-2-7-13-21/h1,4-5,10-11,19,21-22H,2-3,6-9,12-18H2,(H,27,31). The molecular weight excluding hydrogens is 402 g/mol. The van der Waals surface area contributed by atoms with Gasteiger partial charge in [0.1, 0.15) is 6.26 Å². The molecule has 1 heterocycles. The van der Waals surface area contributed by atoms with Crippen LogP contribution < -0.4 is 5.32 Å². The fourth-order valence-corrected chi connectivity index (χ4v) is 4.99. The Kier molecular flexibility index (Phi) is 7.97. The molecule has 0 bridgehead atoms. The predicted molar refractivity (Wildman–Crippen MR) is 123 cm³/mol. The Morgan fingerprint density at radius 1 is 0.969 bits per heavy atom. The Bertz CT molecular complexity index is 867. The number of nitrogens with zero attached hydrogens (tertiary/aromatic N) is 2. The molecule has 1 aromatic carbocycles. The molecule has 32 heavy (non-hydrogen) atoms. The molecule has 0 aliphatic heterocycles. The first-order chi connectivity index (χ1) is 15.7. The van der Waals surface area contributed by atoms with Crippen molar-refractivity contribution in [1.29, 1.82) is 0 Å². The Hall–Kier alpha value is -2.63. The van der Waals surface area contributed by atoms with Crippen LogP contribution in [0.5, 0.6) is 0 Å². The second-order valence-electron chi connectivity index (χ2n) is 9.23. The SMILES string of the molecule is O=C(NC1CCCCC1)c1coc(CN(C(=O)CCc2ccccc2)C2CCCCC2)n1. The van der Waals surface area contributed by atoms with E-state index < -0.39 is 0 Å². The van der Waals surface area contributed by atoms with Crippen LogP contribution in [0.2, 0.25) is 0 Å². The summed E-state index contributed by atoms with van der Waals surface area (Å²) in [6.07, 6.45) is 13.8. The van der Waals surface area contributed by atoms with E-state index in [0.29, 0.717) is 24.6 Å². The third-order valence-electron chi connectivity index (χ3n) is 6.84. The number of aromatic nitrogens is 1. The van der Waals surface area contributed by atoms with Gasteiger partial charge < -0.3 is 14.6 Å². The maximum Gasteiger partial charge on any atom is 0.273 e. The highest BCUT2D eigenvalue weighted by Gasteiger charge is 2.27. The van der Waals surface area contributed by atoms with Gasteiger partial charge in [0.15, 0.2) is 5.69 Å². The molecular formula is C26H35N3O3. The lowest BCUT2D eigenvalue weighted by atomic mass is 9.93. The summed E-state index contributed by atoms with van der Waals surface area (Å²) in [5.74, 6) is 0.399. The Morgan fingerprint density at radius 3 is 2.38 bits per heavy atom. The molecule has 2 amide bonds. The van der Waals surface area contributed by atoms with Crippen LogP contribution in [0.15, 0.2) is 41.0 Å². The first kappa shape index (κ1) is 22.6. The van der Waals surface area contributed by atoms with Gasteiger partial charge in [0.05, 0.1) is 6.54 Å². The van der Waals surface area contributed by atoms with Crippen molar-refractivity contribution in [1.82, 2.24) is 15.2 Å². The fourth-order valence-electron chi connectivity index (χ4n) is 4.99. The van der Waals surface area contributed by atoms with E-state index in [1.807, 2.05) is 23.1 Å². The smallest absolute Gasteiger partial charge is 0.273 e. The van der Waals surface area contributed by atoms with E-state index in [9.17, 15) is 9.59 Å². The fraction of sp³-hybridized carbons (Fsp3) is 0.577. The second-order valence-corrected chi connectivity index (χ2v) is 9.23. The summed E-state index contributed by atoms with van der Waals surface area (Å²) in [7, 11) is 0. The number of aryl methyl sites for hydroxylation is 1. The summed E-state index contributed by atoms with van der Waals surface area (Å²) in [6.45, 7) is 0.328. The Balaban J connectivity index is 1.39. The summed E-state index contributed by atoms with van der Waals surface area (Å²) in [5.41, 5.74) is 1.48. The molecule has 0 atom stereocenters. The van der Waals surface area contributed by atoms with Gasteiger partial charge in [0.2, 0.25) is 11.8 Å². The van der Waals surface area contributed by atoms with Gasteiger partial charge in [-0.1, -0.05) is 68.9 Å². The highest BCUT2D eigenvalue weighted by molar-refractivity contribution is 5.92. The molecule has 0 radical (unpaired) electrons. The van der Waals surface area contributed by atoms with Crippen LogP contribution in [-0.2, 0) is 17.8 Å². The van der Waals surface area contributed by atoms with Gasteiger partial charge in [-0.2, -0.15) is 0 Å². The molecule has 2 aliphatic carbocycles. The molecule has 2 saturated carbocycles. The zero-order valence-electron chi connectivity index (χ0n) is 18.9. The third-order valence-corrected chi connectivity index (χ3v) is 6.84. The first-order valence-corrected chi connectivity index (χ1v) is 12.3. The largest absolute Gasteiger partial charge is 0.446 e. The lowest BCUT2D eigenvalue weighted by molar-refractivity contribution is -0.135. The number of hydrogen-bond acceptors (Lipinski definition) is 4. The predicted octanol–water partition coefficient (Wildman–Crippen LogP) is 5.03. The van der Waals surface area contributed by atoms with Crippen LogP contribution in [-0.4, -0.2) is 33.8 Å². The molecule has 1 N–H and O–H groups in total. The molecule has 2 fully saturated rings. The van der Waals surface area contributed by atoms with E-state index in [-0.39, 0.29) is 23.9 Å². The summed E-state index contributed by atoms with van der Waals surface area (Å²) in [5, 5.41) is 3.08. The van der Waals surface area contributed by atoms with Crippen LogP contribution >= 0.6 is 0 Å². The second kappa shape index (κ2) is 11.3. The highest BCUT2D eigenvalue weighted by Crippen LogP contribution is 2.25. The van der Waals surface area contributed by atoms with Crippen molar-refractivity contribution >= 4 is 11.8 Å². The van der Waals surface area contributed by atoms with Crippen LogP contribution in [0.4, 0.5) is 0 Å². The van der Waals surface area contributed by atoms with Gasteiger partial charge in [-0.25, -0.2) is 4.98 Å². The first-order valence-electron chi connectivity index (χ1n) is 12.3. The average Bonchev–Trinajstić information content (AvgIpc) is 3.32. The van der Waals surface area contributed by atoms with E-state index in [4.69, 9.17) is 4.42 Å². The van der Waals surface area contributed by atoms with E-state index in [1.54, 1.807) is 0 Å². The molecule has 6 nitrogen and oxygen atoms in total. The quantitative estimate of drug-likeness (QED) is 0.628. The molecule has 2 aromatic rings. The third kappa shape index (κ3) is 6.21. The minimum absolute atomic E-state index is 0.132. The molecule has 0 saturated heterocycles. The van der Waals surface area contributed by atoms with Gasteiger partial charge >= 0.3 is 0 Å². The van der Waals surface area contributed by atoms with Gasteiger partial charge in [0.25, 0.3) is 5.91 Å². The zero-order valence-corrected chi connectivity index (χ0v) is 18.9. The number of oxazole rings is 1. The number of amides is 2. The van der Waals surface area contributed by atoms with Gasteiger partial charge in [-0.3, -0.25) is 9.59 Å². The maximum atomic E-state index is 13.2. The number of hydrogen-bond donors (Lipinski definition) is 1. The molecule has 1 aromatic heterocycles. The van der Waals surface area contributed by atoms with Gasteiger partial charge in [-0.15, -0.1) is 0 Å². The highest BCUT2D eigenvalue weighted by atomic mass is 16.3. The zero-order chi connectivity index (χ0) is 22.2. The van der Waals surface area contributed by atoms with Crippen LogP contribution in [0.25, 0.3) is 0 Å². The molecule has 2 aliphatic rings. The lowest BCUT2D eigenvalue weighted by Gasteiger charge is -2.33. The maximum absolute atomic E-state index is 13.2. The van der Waals surface area contributed by atoms with Crippen molar-refractivity contribution in [2.45, 2.75) is 95.7 Å². The normalized spacial score (nSPS) is 17.8. The Labute approximate surface area is 190 Å². The van der Waals surface area contributed by atoms with Crippen molar-refractivity contribution < 1.29 is 14.0 Å². The summed E-state index contributed by atoms with van der Waals surface area (Å²) >= 11 is 0. The van der Waals surface area contributed by atoms with Gasteiger partial charge in [-0.05, 0) is 37.7 Å². The minimum atomic E-state index is -0.175. The van der Waals surface area contributed by atoms with E-state index in [1.165, 1.54) is 24.7 Å². The molecule has 172 valence electrons. The van der Waals surface area contributed by atoms with Crippen LogP contribution in [0.3, 0.4) is 0 Å². The number of rotatable bonds is 8. The number of carbonyl (C=O) groups is 2. The Morgan fingerprint density at radius 2 is 1.66 bits per heavy atom. The van der Waals surface area contributed by atoms with Crippen molar-refractivity contribution in [2.75, 3.05) is 0 Å². The van der Waals surface area contributed by atoms with Crippen molar-refractivity contribution in [2.24, 2.45) is 0 Å².